The summed E-state index contributed by atoms with van der Waals surface area (Å²) in [4.78, 5) is 11.3. The largest absolute Gasteiger partial charge is 0.394 e. The maximum atomic E-state index is 11.3. The van der Waals surface area contributed by atoms with Gasteiger partial charge >= 0.3 is 0 Å². The van der Waals surface area contributed by atoms with Gasteiger partial charge in [-0.2, -0.15) is 11.8 Å². The van der Waals surface area contributed by atoms with Gasteiger partial charge < -0.3 is 26.0 Å². The van der Waals surface area contributed by atoms with Crippen LogP contribution in [0.3, 0.4) is 0 Å². The number of aliphatic hydroxyl groups is 2. The Kier molecular flexibility index (Phi) is 6.64. The van der Waals surface area contributed by atoms with E-state index in [9.17, 15) is 9.90 Å². The third-order valence-electron chi connectivity index (χ3n) is 2.74. The number of hydrogen-bond acceptors (Lipinski definition) is 6. The molecule has 6 nitrogen and oxygen atoms in total. The van der Waals surface area contributed by atoms with Crippen LogP contribution in [-0.2, 0) is 9.53 Å². The molecule has 0 aromatic rings. The molecule has 1 unspecified atom stereocenters. The van der Waals surface area contributed by atoms with Crippen molar-refractivity contribution < 1.29 is 19.7 Å². The molecule has 0 aromatic carbocycles. The summed E-state index contributed by atoms with van der Waals surface area (Å²) in [5, 5.41) is 21.8. The van der Waals surface area contributed by atoms with Crippen LogP contribution in [0.25, 0.3) is 0 Å². The van der Waals surface area contributed by atoms with Crippen LogP contribution in [0.15, 0.2) is 11.8 Å². The van der Waals surface area contributed by atoms with Crippen molar-refractivity contribution in [3.05, 3.63) is 11.8 Å². The number of carbonyl (C=O) groups excluding carboxylic acids is 1. The van der Waals surface area contributed by atoms with Crippen LogP contribution in [0.4, 0.5) is 0 Å². The molecule has 0 aliphatic carbocycles. The highest BCUT2D eigenvalue weighted by Gasteiger charge is 2.32. The van der Waals surface area contributed by atoms with E-state index in [-0.39, 0.29) is 6.61 Å². The molecular formula is C12H22N2O4S. The molecule has 1 aliphatic rings. The molecule has 19 heavy (non-hydrogen) atoms. The quantitative estimate of drug-likeness (QED) is 0.474. The minimum Gasteiger partial charge on any atom is -0.394 e. The van der Waals surface area contributed by atoms with Crippen molar-refractivity contribution in [3.8, 4) is 0 Å². The molecule has 0 saturated carbocycles. The van der Waals surface area contributed by atoms with E-state index in [2.05, 4.69) is 5.32 Å². The van der Waals surface area contributed by atoms with Crippen molar-refractivity contribution in [1.82, 2.24) is 5.32 Å². The Balaban J connectivity index is 2.50. The van der Waals surface area contributed by atoms with Gasteiger partial charge in [-0.25, -0.2) is 0 Å². The first-order valence-electron chi connectivity index (χ1n) is 6.25. The van der Waals surface area contributed by atoms with Crippen molar-refractivity contribution >= 4 is 17.7 Å². The predicted octanol–water partition coefficient (Wildman–Crippen LogP) is -0.445. The normalized spacial score (nSPS) is 27.8. The molecule has 110 valence electrons. The number of thioether (sulfide) groups is 1. The highest BCUT2D eigenvalue weighted by molar-refractivity contribution is 8.00. The van der Waals surface area contributed by atoms with Crippen molar-refractivity contribution in [2.24, 2.45) is 5.73 Å². The first-order chi connectivity index (χ1) is 8.93. The van der Waals surface area contributed by atoms with Crippen LogP contribution in [0.1, 0.15) is 20.3 Å². The lowest BCUT2D eigenvalue weighted by Crippen LogP contribution is -2.28. The summed E-state index contributed by atoms with van der Waals surface area (Å²) in [6, 6.07) is 0. The summed E-state index contributed by atoms with van der Waals surface area (Å²) in [6.07, 6.45) is 0.219. The van der Waals surface area contributed by atoms with E-state index in [0.717, 1.165) is 0 Å². The van der Waals surface area contributed by atoms with Crippen molar-refractivity contribution in [2.45, 2.75) is 44.0 Å². The van der Waals surface area contributed by atoms with E-state index in [1.807, 2.05) is 13.8 Å². The number of primary amides is 1. The fourth-order valence-electron chi connectivity index (χ4n) is 1.63. The zero-order chi connectivity index (χ0) is 14.4. The van der Waals surface area contributed by atoms with Gasteiger partial charge in [0.2, 0.25) is 5.91 Å². The van der Waals surface area contributed by atoms with E-state index in [4.69, 9.17) is 15.6 Å². The van der Waals surface area contributed by atoms with Crippen LogP contribution in [0.2, 0.25) is 0 Å². The SMILES string of the molecule is CC(C)SC/C(=C/N[C@H]1CC(O)[C@@H](CO)O1)C(N)=O. The van der Waals surface area contributed by atoms with E-state index in [1.165, 1.54) is 6.20 Å². The number of aliphatic hydroxyl groups excluding tert-OH is 2. The van der Waals surface area contributed by atoms with Gasteiger partial charge in [-0.1, -0.05) is 13.8 Å². The Morgan fingerprint density at radius 2 is 2.32 bits per heavy atom. The highest BCUT2D eigenvalue weighted by Crippen LogP contribution is 2.19. The molecule has 0 bridgehead atoms. The van der Waals surface area contributed by atoms with Gasteiger partial charge in [-0.15, -0.1) is 0 Å². The second-order valence-electron chi connectivity index (χ2n) is 4.71. The molecule has 0 radical (unpaired) electrons. The topological polar surface area (TPSA) is 105 Å². The fourth-order valence-corrected chi connectivity index (χ4v) is 2.37. The third-order valence-corrected chi connectivity index (χ3v) is 3.88. The summed E-state index contributed by atoms with van der Waals surface area (Å²) < 4.78 is 5.36. The minimum atomic E-state index is -0.696. The van der Waals surface area contributed by atoms with Gasteiger partial charge in [0, 0.05) is 23.9 Å². The van der Waals surface area contributed by atoms with Gasteiger partial charge in [0.05, 0.1) is 12.7 Å². The van der Waals surface area contributed by atoms with Gasteiger partial charge in [-0.05, 0) is 5.25 Å². The monoisotopic (exact) mass is 290 g/mol. The van der Waals surface area contributed by atoms with Crippen LogP contribution >= 0.6 is 11.8 Å². The van der Waals surface area contributed by atoms with Crippen LogP contribution < -0.4 is 11.1 Å². The molecule has 1 fully saturated rings. The Bertz CT molecular complexity index is 336. The van der Waals surface area contributed by atoms with Gasteiger partial charge in [-0.3, -0.25) is 4.79 Å². The Morgan fingerprint density at radius 3 is 2.79 bits per heavy atom. The molecule has 1 aliphatic heterocycles. The number of amides is 1. The molecule has 0 spiro atoms. The van der Waals surface area contributed by atoms with Crippen molar-refractivity contribution in [2.75, 3.05) is 12.4 Å². The lowest BCUT2D eigenvalue weighted by molar-refractivity contribution is -0.114. The molecule has 1 rings (SSSR count). The zero-order valence-corrected chi connectivity index (χ0v) is 12.0. The second-order valence-corrected chi connectivity index (χ2v) is 6.27. The molecule has 5 N–H and O–H groups in total. The average molecular weight is 290 g/mol. The Morgan fingerprint density at radius 1 is 1.63 bits per heavy atom. The second kappa shape index (κ2) is 7.74. The standard InChI is InChI=1S/C12H22N2O4S/c1-7(2)19-6-8(12(13)17)4-14-11-3-9(16)10(5-15)18-11/h4,7,9-11,14-16H,3,5-6H2,1-2H3,(H2,13,17)/b8-4-/t9?,10-,11-/m1/s1. The molecule has 1 saturated heterocycles. The first kappa shape index (κ1) is 16.3. The average Bonchev–Trinajstić information content (AvgIpc) is 2.68. The number of nitrogens with two attached hydrogens (primary N) is 1. The van der Waals surface area contributed by atoms with E-state index in [0.29, 0.717) is 23.0 Å². The van der Waals surface area contributed by atoms with E-state index in [1.54, 1.807) is 11.8 Å². The molecule has 1 amide bonds. The van der Waals surface area contributed by atoms with Crippen molar-refractivity contribution in [3.63, 3.8) is 0 Å². The van der Waals surface area contributed by atoms with Crippen LogP contribution in [-0.4, -0.2) is 52.2 Å². The molecule has 7 heteroatoms. The number of rotatable bonds is 7. The lowest BCUT2D eigenvalue weighted by Gasteiger charge is -2.13. The number of nitrogens with one attached hydrogen (secondary N) is 1. The predicted molar refractivity (Wildman–Crippen MR) is 74.4 cm³/mol. The number of ether oxygens (including phenoxy) is 1. The fraction of sp³-hybridized carbons (Fsp3) is 0.750. The first-order valence-corrected chi connectivity index (χ1v) is 7.29. The van der Waals surface area contributed by atoms with Crippen LogP contribution in [0, 0.1) is 0 Å². The highest BCUT2D eigenvalue weighted by atomic mass is 32.2. The van der Waals surface area contributed by atoms with Crippen molar-refractivity contribution in [1.29, 1.82) is 0 Å². The molecule has 0 aromatic heterocycles. The number of hydrogen-bond donors (Lipinski definition) is 4. The summed E-state index contributed by atoms with van der Waals surface area (Å²) in [7, 11) is 0. The molecular weight excluding hydrogens is 268 g/mol. The van der Waals surface area contributed by atoms with Gasteiger partial charge in [0.1, 0.15) is 12.3 Å². The molecule has 1 heterocycles. The lowest BCUT2D eigenvalue weighted by atomic mass is 10.2. The molecule has 3 atom stereocenters. The maximum absolute atomic E-state index is 11.3. The Hall–Kier alpha value is -0.760. The van der Waals surface area contributed by atoms with Gasteiger partial charge in [0.25, 0.3) is 0 Å². The Labute approximate surface area is 117 Å². The number of carbonyl (C=O) groups is 1. The maximum Gasteiger partial charge on any atom is 0.246 e. The van der Waals surface area contributed by atoms with Gasteiger partial charge in [0.15, 0.2) is 0 Å². The third kappa shape index (κ3) is 5.40. The zero-order valence-electron chi connectivity index (χ0n) is 11.2. The summed E-state index contributed by atoms with van der Waals surface area (Å²) in [6.45, 7) is 3.85. The summed E-state index contributed by atoms with van der Waals surface area (Å²) >= 11 is 1.62. The summed E-state index contributed by atoms with van der Waals surface area (Å²) in [5.41, 5.74) is 5.77. The van der Waals surface area contributed by atoms with E-state index < -0.39 is 24.3 Å². The summed E-state index contributed by atoms with van der Waals surface area (Å²) in [5.74, 6) is 0.0523. The van der Waals surface area contributed by atoms with Crippen LogP contribution in [0.5, 0.6) is 0 Å². The smallest absolute Gasteiger partial charge is 0.246 e. The minimum absolute atomic E-state index is 0.227. The van der Waals surface area contributed by atoms with E-state index >= 15 is 0 Å².